The molecule has 0 aliphatic carbocycles. The van der Waals surface area contributed by atoms with Gasteiger partial charge in [0.15, 0.2) is 0 Å². The Morgan fingerprint density at radius 1 is 0.909 bits per heavy atom. The maximum atomic E-state index is 13.6. The van der Waals surface area contributed by atoms with Crippen LogP contribution in [0, 0.1) is 0 Å². The summed E-state index contributed by atoms with van der Waals surface area (Å²) in [5.74, 6) is 1.51. The number of hydrogen-bond donors (Lipinski definition) is 1. The van der Waals surface area contributed by atoms with Crippen molar-refractivity contribution in [2.45, 2.75) is 32.2 Å². The summed E-state index contributed by atoms with van der Waals surface area (Å²) in [6, 6.07) is 29.5. The van der Waals surface area contributed by atoms with Gasteiger partial charge in [-0.25, -0.2) is 0 Å². The number of para-hydroxylation sites is 1. The molecule has 4 aromatic rings. The molecule has 1 N–H and O–H groups in total. The van der Waals surface area contributed by atoms with Gasteiger partial charge >= 0.3 is 0 Å². The van der Waals surface area contributed by atoms with Crippen LogP contribution in [-0.4, -0.2) is 10.8 Å². The van der Waals surface area contributed by atoms with Crippen molar-refractivity contribution in [1.82, 2.24) is 4.90 Å². The van der Waals surface area contributed by atoms with Crippen LogP contribution < -0.4 is 10.1 Å². The molecule has 2 heterocycles. The number of anilines is 1. The number of fused-ring (bicyclic) bond motifs is 1. The average Bonchev–Trinajstić information content (AvgIpc) is 3.39. The standard InChI is InChI=1S/C28H26N2O3/c1-2-28(22-14-16-23(17-15-22)33-20-21-9-4-3-5-10-21)29-26-13-7-6-12-25(26)27(31)30(28)19-24-11-8-18-32-24/h3-18,29H,2,19-20H2,1H3. The molecule has 5 rings (SSSR count). The van der Waals surface area contributed by atoms with Crippen molar-refractivity contribution in [3.8, 4) is 5.75 Å². The van der Waals surface area contributed by atoms with E-state index >= 15 is 0 Å². The lowest BCUT2D eigenvalue weighted by Crippen LogP contribution is -2.56. The zero-order chi connectivity index (χ0) is 22.7. The summed E-state index contributed by atoms with van der Waals surface area (Å²) in [5.41, 5.74) is 2.90. The zero-order valence-electron chi connectivity index (χ0n) is 18.5. The second-order valence-electron chi connectivity index (χ2n) is 8.15. The molecule has 0 saturated heterocycles. The first-order valence-electron chi connectivity index (χ1n) is 11.2. The first kappa shape index (κ1) is 20.9. The van der Waals surface area contributed by atoms with E-state index in [-0.39, 0.29) is 5.91 Å². The maximum Gasteiger partial charge on any atom is 0.258 e. The third kappa shape index (κ3) is 3.98. The number of carbonyl (C=O) groups excluding carboxylic acids is 1. The normalized spacial score (nSPS) is 17.4. The molecule has 166 valence electrons. The van der Waals surface area contributed by atoms with Crippen molar-refractivity contribution >= 4 is 11.6 Å². The number of hydrogen-bond acceptors (Lipinski definition) is 4. The van der Waals surface area contributed by atoms with Gasteiger partial charge in [0.1, 0.15) is 23.8 Å². The Kier molecular flexibility index (Phi) is 5.61. The Bertz CT molecular complexity index is 1220. The summed E-state index contributed by atoms with van der Waals surface area (Å²) in [5, 5.41) is 3.67. The monoisotopic (exact) mass is 438 g/mol. The lowest BCUT2D eigenvalue weighted by atomic mass is 9.89. The largest absolute Gasteiger partial charge is 0.489 e. The summed E-state index contributed by atoms with van der Waals surface area (Å²) in [4.78, 5) is 15.5. The molecular weight excluding hydrogens is 412 g/mol. The van der Waals surface area contributed by atoms with Crippen molar-refractivity contribution in [2.75, 3.05) is 5.32 Å². The Hall–Kier alpha value is -3.99. The first-order valence-corrected chi connectivity index (χ1v) is 11.2. The number of benzene rings is 3. The molecule has 1 aliphatic heterocycles. The zero-order valence-corrected chi connectivity index (χ0v) is 18.5. The van der Waals surface area contributed by atoms with Crippen LogP contribution in [0.25, 0.3) is 0 Å². The predicted octanol–water partition coefficient (Wildman–Crippen LogP) is 6.19. The van der Waals surface area contributed by atoms with E-state index in [0.717, 1.165) is 28.3 Å². The quantitative estimate of drug-likeness (QED) is 0.374. The fraction of sp³-hybridized carbons (Fsp3) is 0.179. The van der Waals surface area contributed by atoms with Gasteiger partial charge in [-0.3, -0.25) is 4.79 Å². The Morgan fingerprint density at radius 2 is 1.67 bits per heavy atom. The van der Waals surface area contributed by atoms with Gasteiger partial charge in [0, 0.05) is 5.69 Å². The van der Waals surface area contributed by atoms with Crippen LogP contribution in [0.2, 0.25) is 0 Å². The summed E-state index contributed by atoms with van der Waals surface area (Å²) in [6.45, 7) is 2.96. The topological polar surface area (TPSA) is 54.7 Å². The van der Waals surface area contributed by atoms with Crippen molar-refractivity contribution < 1.29 is 13.9 Å². The highest BCUT2D eigenvalue weighted by Gasteiger charge is 2.45. The number of amides is 1. The van der Waals surface area contributed by atoms with E-state index in [1.54, 1.807) is 6.26 Å². The van der Waals surface area contributed by atoms with E-state index in [1.165, 1.54) is 0 Å². The van der Waals surface area contributed by atoms with Gasteiger partial charge in [-0.2, -0.15) is 0 Å². The van der Waals surface area contributed by atoms with Gasteiger partial charge in [-0.15, -0.1) is 0 Å². The van der Waals surface area contributed by atoms with E-state index in [2.05, 4.69) is 12.2 Å². The van der Waals surface area contributed by atoms with Crippen LogP contribution in [0.4, 0.5) is 5.69 Å². The van der Waals surface area contributed by atoms with E-state index in [4.69, 9.17) is 9.15 Å². The maximum absolute atomic E-state index is 13.6. The van der Waals surface area contributed by atoms with Crippen molar-refractivity contribution in [3.05, 3.63) is 120 Å². The van der Waals surface area contributed by atoms with Crippen LogP contribution >= 0.6 is 0 Å². The smallest absolute Gasteiger partial charge is 0.258 e. The van der Waals surface area contributed by atoms with Crippen LogP contribution in [0.5, 0.6) is 5.75 Å². The van der Waals surface area contributed by atoms with E-state index in [9.17, 15) is 4.79 Å². The summed E-state index contributed by atoms with van der Waals surface area (Å²) in [7, 11) is 0. The van der Waals surface area contributed by atoms with Crippen LogP contribution in [0.1, 0.15) is 40.6 Å². The summed E-state index contributed by atoms with van der Waals surface area (Å²) >= 11 is 0. The Morgan fingerprint density at radius 3 is 2.39 bits per heavy atom. The molecule has 0 spiro atoms. The highest BCUT2D eigenvalue weighted by Crippen LogP contribution is 2.41. The van der Waals surface area contributed by atoms with Gasteiger partial charge in [0.25, 0.3) is 5.91 Å². The molecule has 0 bridgehead atoms. The lowest BCUT2D eigenvalue weighted by molar-refractivity contribution is 0.0430. The van der Waals surface area contributed by atoms with Crippen LogP contribution in [-0.2, 0) is 18.8 Å². The molecule has 1 amide bonds. The van der Waals surface area contributed by atoms with Gasteiger partial charge < -0.3 is 19.4 Å². The molecule has 0 radical (unpaired) electrons. The number of carbonyl (C=O) groups is 1. The molecule has 0 saturated carbocycles. The second kappa shape index (κ2) is 8.87. The fourth-order valence-electron chi connectivity index (χ4n) is 4.43. The SMILES string of the molecule is CCC1(c2ccc(OCc3ccccc3)cc2)Nc2ccccc2C(=O)N1Cc1ccco1. The van der Waals surface area contributed by atoms with Crippen molar-refractivity contribution in [2.24, 2.45) is 0 Å². The molecule has 0 fully saturated rings. The summed E-state index contributed by atoms with van der Waals surface area (Å²) in [6.07, 6.45) is 2.32. The van der Waals surface area contributed by atoms with Crippen molar-refractivity contribution in [3.63, 3.8) is 0 Å². The molecule has 1 atom stereocenters. The van der Waals surface area contributed by atoms with E-state index < -0.39 is 5.66 Å². The molecule has 1 unspecified atom stereocenters. The van der Waals surface area contributed by atoms with Gasteiger partial charge in [0.05, 0.1) is 18.4 Å². The minimum Gasteiger partial charge on any atom is -0.489 e. The number of rotatable bonds is 7. The number of furan rings is 1. The van der Waals surface area contributed by atoms with Gasteiger partial charge in [0.2, 0.25) is 0 Å². The van der Waals surface area contributed by atoms with E-state index in [0.29, 0.717) is 25.1 Å². The lowest BCUT2D eigenvalue weighted by Gasteiger charge is -2.48. The summed E-state index contributed by atoms with van der Waals surface area (Å²) < 4.78 is 11.6. The number of nitrogens with zero attached hydrogens (tertiary/aromatic N) is 1. The van der Waals surface area contributed by atoms with Gasteiger partial charge in [-0.05, 0) is 53.9 Å². The van der Waals surface area contributed by atoms with Gasteiger partial charge in [-0.1, -0.05) is 61.5 Å². The first-order chi connectivity index (χ1) is 16.2. The molecular formula is C28H26N2O3. The Balaban J connectivity index is 1.48. The molecule has 5 heteroatoms. The van der Waals surface area contributed by atoms with Crippen molar-refractivity contribution in [1.29, 1.82) is 0 Å². The third-order valence-corrected chi connectivity index (χ3v) is 6.19. The number of ether oxygens (including phenoxy) is 1. The predicted molar refractivity (Wildman–Crippen MR) is 128 cm³/mol. The minimum atomic E-state index is -0.712. The van der Waals surface area contributed by atoms with Crippen LogP contribution in [0.15, 0.2) is 102 Å². The minimum absolute atomic E-state index is 0.0213. The highest BCUT2D eigenvalue weighted by atomic mass is 16.5. The third-order valence-electron chi connectivity index (χ3n) is 6.19. The second-order valence-corrected chi connectivity index (χ2v) is 8.15. The highest BCUT2D eigenvalue weighted by molar-refractivity contribution is 6.02. The average molecular weight is 439 g/mol. The molecule has 1 aliphatic rings. The number of nitrogens with one attached hydrogen (secondary N) is 1. The Labute approximate surface area is 193 Å². The molecule has 1 aromatic heterocycles. The fourth-order valence-corrected chi connectivity index (χ4v) is 4.43. The molecule has 3 aromatic carbocycles. The van der Waals surface area contributed by atoms with E-state index in [1.807, 2.05) is 95.9 Å². The molecule has 5 nitrogen and oxygen atoms in total. The van der Waals surface area contributed by atoms with Crippen LogP contribution in [0.3, 0.4) is 0 Å². The molecule has 33 heavy (non-hydrogen) atoms.